The molecule has 9 heteroatoms. The highest BCUT2D eigenvalue weighted by molar-refractivity contribution is 7.41. The number of azo groups is 1. The Morgan fingerprint density at radius 1 is 0.926 bits per heavy atom. The first-order chi connectivity index (χ1) is 13.0. The SMILES string of the molecule is O=[N+]([O-])c1cc(N=Nc2ccccc2)c(P(=O)=O)c(O)c1-c1ccccc1. The van der Waals surface area contributed by atoms with Crippen LogP contribution in [0.5, 0.6) is 5.75 Å². The zero-order valence-electron chi connectivity index (χ0n) is 13.7. The van der Waals surface area contributed by atoms with Gasteiger partial charge >= 0.3 is 7.68 Å². The van der Waals surface area contributed by atoms with Crippen LogP contribution in [-0.4, -0.2) is 10.0 Å². The molecule has 1 N–H and O–H groups in total. The summed E-state index contributed by atoms with van der Waals surface area (Å²) in [6, 6.07) is 17.5. The van der Waals surface area contributed by atoms with Gasteiger partial charge in [0.2, 0.25) is 0 Å². The zero-order valence-corrected chi connectivity index (χ0v) is 14.6. The van der Waals surface area contributed by atoms with Gasteiger partial charge in [-0.05, 0) is 17.7 Å². The molecule has 0 atom stereocenters. The Bertz CT molecular complexity index is 1090. The molecule has 0 aliphatic rings. The summed E-state index contributed by atoms with van der Waals surface area (Å²) in [6.45, 7) is 0. The van der Waals surface area contributed by atoms with Crippen LogP contribution in [0.1, 0.15) is 0 Å². The molecule has 134 valence electrons. The standard InChI is InChI=1S/C18H12N3O5P/c22-17-16(12-7-3-1-4-8-12)15(21(23)24)11-14(18(17)27(25)26)20-19-13-9-5-2-6-10-13/h1-11,22H. The van der Waals surface area contributed by atoms with Crippen molar-refractivity contribution >= 4 is 30.0 Å². The number of hydrogen-bond donors (Lipinski definition) is 1. The van der Waals surface area contributed by atoms with E-state index in [-0.39, 0.29) is 11.3 Å². The number of hydrogen-bond acceptors (Lipinski definition) is 7. The van der Waals surface area contributed by atoms with Crippen LogP contribution in [0.4, 0.5) is 17.1 Å². The first-order valence-electron chi connectivity index (χ1n) is 7.70. The van der Waals surface area contributed by atoms with Gasteiger partial charge in [-0.2, -0.15) is 5.11 Å². The number of phenols is 1. The molecule has 27 heavy (non-hydrogen) atoms. The second-order valence-corrected chi connectivity index (χ2v) is 6.36. The summed E-state index contributed by atoms with van der Waals surface area (Å²) in [5.41, 5.74) is -0.223. The van der Waals surface area contributed by atoms with Gasteiger partial charge in [0.15, 0.2) is 0 Å². The summed E-state index contributed by atoms with van der Waals surface area (Å²) in [7, 11) is -3.28. The molecule has 0 radical (unpaired) electrons. The van der Waals surface area contributed by atoms with Crippen molar-refractivity contribution in [1.29, 1.82) is 0 Å². The van der Waals surface area contributed by atoms with Gasteiger partial charge in [0, 0.05) is 6.07 Å². The molecule has 0 unspecified atom stereocenters. The Labute approximate surface area is 153 Å². The third kappa shape index (κ3) is 3.80. The molecule has 0 saturated heterocycles. The van der Waals surface area contributed by atoms with Gasteiger partial charge < -0.3 is 5.11 Å². The molecule has 0 fully saturated rings. The average molecular weight is 381 g/mol. The molecular formula is C18H12N3O5P. The second kappa shape index (κ2) is 7.72. The summed E-state index contributed by atoms with van der Waals surface area (Å²) in [5, 5.41) is 29.2. The maximum Gasteiger partial charge on any atom is 0.354 e. The summed E-state index contributed by atoms with van der Waals surface area (Å²) < 4.78 is 23.4. The Kier molecular flexibility index (Phi) is 5.19. The van der Waals surface area contributed by atoms with Crippen molar-refractivity contribution in [2.24, 2.45) is 10.2 Å². The molecule has 0 saturated carbocycles. The molecule has 0 spiro atoms. The van der Waals surface area contributed by atoms with E-state index in [4.69, 9.17) is 0 Å². The summed E-state index contributed by atoms with van der Waals surface area (Å²) in [4.78, 5) is 10.8. The Morgan fingerprint density at radius 2 is 1.52 bits per heavy atom. The van der Waals surface area contributed by atoms with Crippen LogP contribution in [-0.2, 0) is 9.13 Å². The minimum Gasteiger partial charge on any atom is -0.506 e. The van der Waals surface area contributed by atoms with E-state index in [1.54, 1.807) is 48.5 Å². The lowest BCUT2D eigenvalue weighted by Crippen LogP contribution is -2.02. The maximum atomic E-state index is 11.7. The molecule has 0 aliphatic carbocycles. The van der Waals surface area contributed by atoms with Gasteiger partial charge in [-0.1, -0.05) is 48.5 Å². The fraction of sp³-hybridized carbons (Fsp3) is 0. The van der Waals surface area contributed by atoms with Crippen molar-refractivity contribution < 1.29 is 19.2 Å². The Balaban J connectivity index is 2.26. The quantitative estimate of drug-likeness (QED) is 0.282. The van der Waals surface area contributed by atoms with Crippen LogP contribution >= 0.6 is 7.68 Å². The highest BCUT2D eigenvalue weighted by Gasteiger charge is 2.28. The summed E-state index contributed by atoms with van der Waals surface area (Å²) in [5.74, 6) is -0.728. The van der Waals surface area contributed by atoms with Gasteiger partial charge in [-0.25, -0.2) is 9.13 Å². The normalized spacial score (nSPS) is 10.8. The van der Waals surface area contributed by atoms with E-state index in [1.165, 1.54) is 12.1 Å². The summed E-state index contributed by atoms with van der Waals surface area (Å²) >= 11 is 0. The first-order valence-corrected chi connectivity index (χ1v) is 8.87. The van der Waals surface area contributed by atoms with Crippen LogP contribution in [0.15, 0.2) is 77.0 Å². The number of phenolic OH excluding ortho intramolecular Hbond substituents is 1. The highest BCUT2D eigenvalue weighted by atomic mass is 31.1. The number of rotatable bonds is 5. The van der Waals surface area contributed by atoms with Crippen LogP contribution in [0, 0.1) is 10.1 Å². The molecule has 0 bridgehead atoms. The van der Waals surface area contributed by atoms with E-state index in [2.05, 4.69) is 10.2 Å². The third-order valence-corrected chi connectivity index (χ3v) is 4.51. The number of nitro groups is 1. The molecule has 3 aromatic carbocycles. The maximum absolute atomic E-state index is 11.7. The van der Waals surface area contributed by atoms with Crippen molar-refractivity contribution in [3.63, 3.8) is 0 Å². The molecule has 0 aromatic heterocycles. The molecule has 3 aromatic rings. The van der Waals surface area contributed by atoms with E-state index >= 15 is 0 Å². The van der Waals surface area contributed by atoms with Crippen molar-refractivity contribution in [2.45, 2.75) is 0 Å². The Morgan fingerprint density at radius 3 is 2.07 bits per heavy atom. The second-order valence-electron chi connectivity index (χ2n) is 5.40. The zero-order chi connectivity index (χ0) is 19.4. The lowest BCUT2D eigenvalue weighted by atomic mass is 10.0. The lowest BCUT2D eigenvalue weighted by molar-refractivity contribution is -0.384. The van der Waals surface area contributed by atoms with Gasteiger partial charge in [0.25, 0.3) is 5.69 Å². The van der Waals surface area contributed by atoms with Crippen LogP contribution in [0.2, 0.25) is 0 Å². The first kappa shape index (κ1) is 18.2. The average Bonchev–Trinajstić information content (AvgIpc) is 2.67. The third-order valence-electron chi connectivity index (χ3n) is 3.70. The summed E-state index contributed by atoms with van der Waals surface area (Å²) in [6.07, 6.45) is 0. The number of benzene rings is 3. The van der Waals surface area contributed by atoms with Crippen molar-refractivity contribution in [3.8, 4) is 16.9 Å². The molecular weight excluding hydrogens is 369 g/mol. The highest BCUT2D eigenvalue weighted by Crippen LogP contribution is 2.42. The predicted molar refractivity (Wildman–Crippen MR) is 98.7 cm³/mol. The predicted octanol–water partition coefficient (Wildman–Crippen LogP) is 5.18. The lowest BCUT2D eigenvalue weighted by Gasteiger charge is -2.09. The van der Waals surface area contributed by atoms with Crippen molar-refractivity contribution in [1.82, 2.24) is 0 Å². The number of nitrogens with zero attached hydrogens (tertiary/aromatic N) is 3. The van der Waals surface area contributed by atoms with Gasteiger partial charge in [-0.15, -0.1) is 5.11 Å². The van der Waals surface area contributed by atoms with Crippen LogP contribution in [0.3, 0.4) is 0 Å². The van der Waals surface area contributed by atoms with Crippen molar-refractivity contribution in [3.05, 3.63) is 76.8 Å². The largest absolute Gasteiger partial charge is 0.506 e. The van der Waals surface area contributed by atoms with E-state index in [0.29, 0.717) is 11.3 Å². The molecule has 0 heterocycles. The van der Waals surface area contributed by atoms with Gasteiger partial charge in [-0.3, -0.25) is 10.1 Å². The number of aromatic hydroxyl groups is 1. The van der Waals surface area contributed by atoms with E-state index in [0.717, 1.165) is 6.07 Å². The van der Waals surface area contributed by atoms with Crippen LogP contribution < -0.4 is 5.30 Å². The van der Waals surface area contributed by atoms with Crippen molar-refractivity contribution in [2.75, 3.05) is 0 Å². The van der Waals surface area contributed by atoms with E-state index < -0.39 is 29.3 Å². The monoisotopic (exact) mass is 381 g/mol. The van der Waals surface area contributed by atoms with E-state index in [9.17, 15) is 24.4 Å². The molecule has 3 rings (SSSR count). The minimum atomic E-state index is -3.28. The van der Waals surface area contributed by atoms with Gasteiger partial charge in [0.1, 0.15) is 22.3 Å². The fourth-order valence-electron chi connectivity index (χ4n) is 2.53. The minimum absolute atomic E-state index is 0.187. The molecule has 0 amide bonds. The fourth-order valence-corrected chi connectivity index (χ4v) is 3.11. The smallest absolute Gasteiger partial charge is 0.354 e. The topological polar surface area (TPSA) is 122 Å². The van der Waals surface area contributed by atoms with Gasteiger partial charge in [0.05, 0.1) is 10.6 Å². The van der Waals surface area contributed by atoms with Crippen LogP contribution in [0.25, 0.3) is 11.1 Å². The molecule has 0 aliphatic heterocycles. The Hall–Kier alpha value is -3.64. The number of nitro benzene ring substituents is 1. The molecule has 8 nitrogen and oxygen atoms in total. The van der Waals surface area contributed by atoms with E-state index in [1.807, 2.05) is 0 Å².